The van der Waals surface area contributed by atoms with E-state index in [-0.39, 0.29) is 12.0 Å². The molecule has 0 spiro atoms. The second-order valence-electron chi connectivity index (χ2n) is 10.0. The van der Waals surface area contributed by atoms with E-state index in [4.69, 9.17) is 21.3 Å². The van der Waals surface area contributed by atoms with Crippen molar-refractivity contribution >= 4 is 28.3 Å². The van der Waals surface area contributed by atoms with Gasteiger partial charge in [0.15, 0.2) is 0 Å². The van der Waals surface area contributed by atoms with Gasteiger partial charge in [-0.05, 0) is 74.8 Å². The molecule has 3 aliphatic rings. The van der Waals surface area contributed by atoms with Gasteiger partial charge in [-0.2, -0.15) is 0 Å². The summed E-state index contributed by atoms with van der Waals surface area (Å²) in [5.74, 6) is 0.774. The molecule has 1 N–H and O–H groups in total. The van der Waals surface area contributed by atoms with Gasteiger partial charge >= 0.3 is 5.97 Å². The molecule has 5 nitrogen and oxygen atoms in total. The fourth-order valence-electron chi connectivity index (χ4n) is 6.15. The largest absolute Gasteiger partial charge is 0.489 e. The first-order chi connectivity index (χ1) is 15.5. The van der Waals surface area contributed by atoms with Crippen LogP contribution >= 0.6 is 11.6 Å². The Morgan fingerprint density at radius 1 is 1.16 bits per heavy atom. The molecule has 1 aliphatic carbocycles. The van der Waals surface area contributed by atoms with Gasteiger partial charge in [0, 0.05) is 30.2 Å². The number of hydrogen-bond donors (Lipinski definition) is 1. The predicted molar refractivity (Wildman–Crippen MR) is 126 cm³/mol. The zero-order valence-corrected chi connectivity index (χ0v) is 19.6. The Morgan fingerprint density at radius 2 is 1.88 bits per heavy atom. The Labute approximate surface area is 195 Å². The smallest absolute Gasteiger partial charge is 0.306 e. The van der Waals surface area contributed by atoms with E-state index in [0.29, 0.717) is 17.1 Å². The van der Waals surface area contributed by atoms with Crippen LogP contribution in [0, 0.1) is 11.8 Å². The van der Waals surface area contributed by atoms with Crippen molar-refractivity contribution in [1.29, 1.82) is 0 Å². The van der Waals surface area contributed by atoms with Crippen molar-refractivity contribution in [3.8, 4) is 5.75 Å². The number of hydrogen-bond acceptors (Lipinski definition) is 4. The molecule has 172 valence electrons. The highest BCUT2D eigenvalue weighted by molar-refractivity contribution is 6.37. The summed E-state index contributed by atoms with van der Waals surface area (Å²) < 4.78 is 6.29. The Kier molecular flexibility index (Phi) is 6.31. The molecule has 2 saturated heterocycles. The van der Waals surface area contributed by atoms with Crippen LogP contribution in [-0.2, 0) is 11.3 Å². The van der Waals surface area contributed by atoms with Crippen molar-refractivity contribution in [3.63, 3.8) is 0 Å². The summed E-state index contributed by atoms with van der Waals surface area (Å²) >= 11 is 6.73. The van der Waals surface area contributed by atoms with Gasteiger partial charge in [-0.25, -0.2) is 0 Å². The van der Waals surface area contributed by atoms with Crippen LogP contribution in [0.15, 0.2) is 24.4 Å². The second-order valence-corrected chi connectivity index (χ2v) is 10.4. The maximum Gasteiger partial charge on any atom is 0.306 e. The van der Waals surface area contributed by atoms with Crippen molar-refractivity contribution in [2.24, 2.45) is 11.8 Å². The first-order valence-corrected chi connectivity index (χ1v) is 12.6. The van der Waals surface area contributed by atoms with E-state index >= 15 is 0 Å². The SMILES string of the molecule is CC[C@H]1CC[C@@H](Oc2ccc3cc(CN4C5CCC4CC(C(=O)O)C5)ncc3c2Cl)CC1. The van der Waals surface area contributed by atoms with Gasteiger partial charge in [-0.1, -0.05) is 31.0 Å². The van der Waals surface area contributed by atoms with Crippen molar-refractivity contribution in [1.82, 2.24) is 9.88 Å². The van der Waals surface area contributed by atoms with E-state index in [1.807, 2.05) is 12.3 Å². The lowest BCUT2D eigenvalue weighted by atomic mass is 9.86. The number of rotatable bonds is 6. The van der Waals surface area contributed by atoms with Crippen LogP contribution in [0.1, 0.15) is 70.4 Å². The van der Waals surface area contributed by atoms with Gasteiger partial charge in [0.2, 0.25) is 0 Å². The normalized spacial score (nSPS) is 30.5. The molecule has 32 heavy (non-hydrogen) atoms. The average Bonchev–Trinajstić information content (AvgIpc) is 3.02. The third-order valence-corrected chi connectivity index (χ3v) is 8.49. The van der Waals surface area contributed by atoms with E-state index < -0.39 is 5.97 Å². The molecule has 2 aliphatic heterocycles. The van der Waals surface area contributed by atoms with Crippen molar-refractivity contribution < 1.29 is 14.6 Å². The molecule has 6 heteroatoms. The maximum absolute atomic E-state index is 11.4. The molecule has 1 aromatic heterocycles. The number of benzene rings is 1. The first kappa shape index (κ1) is 22.0. The minimum atomic E-state index is -0.642. The molecule has 3 heterocycles. The number of nitrogens with zero attached hydrogens (tertiary/aromatic N) is 2. The highest BCUT2D eigenvalue weighted by Crippen LogP contribution is 2.40. The molecular weight excluding hydrogens is 424 g/mol. The molecule has 2 atom stereocenters. The summed E-state index contributed by atoms with van der Waals surface area (Å²) in [5, 5.41) is 12.1. The number of aliphatic carboxylic acids is 1. The summed E-state index contributed by atoms with van der Waals surface area (Å²) in [4.78, 5) is 18.6. The highest BCUT2D eigenvalue weighted by atomic mass is 35.5. The minimum absolute atomic E-state index is 0.192. The van der Waals surface area contributed by atoms with Gasteiger partial charge in [-0.15, -0.1) is 0 Å². The van der Waals surface area contributed by atoms with Crippen LogP contribution in [0.5, 0.6) is 5.75 Å². The van der Waals surface area contributed by atoms with Crippen LogP contribution in [0.3, 0.4) is 0 Å². The number of carboxylic acid groups (broad SMARTS) is 1. The molecule has 0 radical (unpaired) electrons. The Balaban J connectivity index is 1.28. The number of carbonyl (C=O) groups is 1. The maximum atomic E-state index is 11.4. The van der Waals surface area contributed by atoms with E-state index in [1.165, 1.54) is 19.3 Å². The number of piperidine rings is 1. The molecule has 2 bridgehead atoms. The summed E-state index contributed by atoms with van der Waals surface area (Å²) in [6.07, 6.45) is 11.8. The predicted octanol–water partition coefficient (Wildman–Crippen LogP) is 6.06. The zero-order chi connectivity index (χ0) is 22.2. The average molecular weight is 457 g/mol. The lowest BCUT2D eigenvalue weighted by molar-refractivity contribution is -0.144. The first-order valence-electron chi connectivity index (χ1n) is 12.2. The molecule has 1 saturated carbocycles. The van der Waals surface area contributed by atoms with Gasteiger partial charge < -0.3 is 9.84 Å². The van der Waals surface area contributed by atoms with Crippen LogP contribution in [0.2, 0.25) is 5.02 Å². The minimum Gasteiger partial charge on any atom is -0.489 e. The standard InChI is InChI=1S/C26H33ClN2O3/c1-2-16-3-8-22(9-4-16)32-24-10-5-17-11-19(28-14-23(17)25(24)27)15-29-20-6-7-21(29)13-18(12-20)26(30)31/h5,10-11,14,16,18,20-22H,2-4,6-9,12-13,15H2,1H3,(H,30,31)/t16-,18?,20?,21?,22+. The number of pyridine rings is 1. The molecule has 3 fully saturated rings. The summed E-state index contributed by atoms with van der Waals surface area (Å²) in [7, 11) is 0. The number of halogens is 1. The Morgan fingerprint density at radius 3 is 2.53 bits per heavy atom. The van der Waals surface area contributed by atoms with Gasteiger partial charge in [0.05, 0.1) is 22.7 Å². The van der Waals surface area contributed by atoms with Crippen molar-refractivity contribution in [2.45, 2.75) is 89.4 Å². The van der Waals surface area contributed by atoms with Crippen LogP contribution < -0.4 is 4.74 Å². The van der Waals surface area contributed by atoms with E-state index in [1.54, 1.807) is 0 Å². The monoisotopic (exact) mass is 456 g/mol. The van der Waals surface area contributed by atoms with Crippen molar-refractivity contribution in [2.75, 3.05) is 0 Å². The van der Waals surface area contributed by atoms with Gasteiger partial charge in [0.25, 0.3) is 0 Å². The zero-order valence-electron chi connectivity index (χ0n) is 18.8. The van der Waals surface area contributed by atoms with Crippen LogP contribution in [0.4, 0.5) is 0 Å². The molecule has 2 unspecified atom stereocenters. The topological polar surface area (TPSA) is 62.7 Å². The van der Waals surface area contributed by atoms with Gasteiger partial charge in [-0.3, -0.25) is 14.7 Å². The third kappa shape index (κ3) is 4.34. The quantitative estimate of drug-likeness (QED) is 0.572. The van der Waals surface area contributed by atoms with E-state index in [9.17, 15) is 9.90 Å². The summed E-state index contributed by atoms with van der Waals surface area (Å²) in [6.45, 7) is 3.05. The number of fused-ring (bicyclic) bond motifs is 3. The Bertz CT molecular complexity index is 974. The fraction of sp³-hybridized carbons (Fsp3) is 0.615. The molecule has 5 rings (SSSR count). The van der Waals surface area contributed by atoms with Gasteiger partial charge in [0.1, 0.15) is 5.75 Å². The molecule has 0 amide bonds. The second kappa shape index (κ2) is 9.18. The lowest BCUT2D eigenvalue weighted by Crippen LogP contribution is -2.44. The van der Waals surface area contributed by atoms with E-state index in [2.05, 4.69) is 24.0 Å². The molecular formula is C26H33ClN2O3. The summed E-state index contributed by atoms with van der Waals surface area (Å²) in [5.41, 5.74) is 1.02. The third-order valence-electron chi connectivity index (χ3n) is 8.10. The molecule has 2 aromatic rings. The van der Waals surface area contributed by atoms with Crippen LogP contribution in [0.25, 0.3) is 10.8 Å². The Hall–Kier alpha value is -1.85. The number of ether oxygens (including phenoxy) is 1. The van der Waals surface area contributed by atoms with Crippen LogP contribution in [-0.4, -0.2) is 39.1 Å². The fourth-order valence-corrected chi connectivity index (χ4v) is 6.41. The summed E-state index contributed by atoms with van der Waals surface area (Å²) in [6, 6.07) is 6.93. The number of aromatic nitrogens is 1. The van der Waals surface area contributed by atoms with E-state index in [0.717, 1.165) is 73.2 Å². The highest BCUT2D eigenvalue weighted by Gasteiger charge is 2.42. The molecule has 1 aromatic carbocycles. The van der Waals surface area contributed by atoms with Crippen molar-refractivity contribution in [3.05, 3.63) is 35.1 Å². The number of carboxylic acids is 1. The lowest BCUT2D eigenvalue weighted by Gasteiger charge is -2.37.